The Morgan fingerprint density at radius 1 is 1.05 bits per heavy atom. The zero-order valence-corrected chi connectivity index (χ0v) is 11.5. The van der Waals surface area contributed by atoms with Crippen LogP contribution < -0.4 is 5.32 Å². The molecule has 0 radical (unpaired) electrons. The lowest BCUT2D eigenvalue weighted by atomic mass is 10.1. The molecule has 100 valence electrons. The van der Waals surface area contributed by atoms with Crippen LogP contribution in [0.25, 0.3) is 0 Å². The van der Waals surface area contributed by atoms with Gasteiger partial charge >= 0.3 is 0 Å². The third kappa shape index (κ3) is 4.79. The van der Waals surface area contributed by atoms with Gasteiger partial charge in [-0.25, -0.2) is 9.97 Å². The quantitative estimate of drug-likeness (QED) is 0.773. The summed E-state index contributed by atoms with van der Waals surface area (Å²) < 4.78 is 0. The molecule has 0 bridgehead atoms. The Kier molecular flexibility index (Phi) is 5.50. The van der Waals surface area contributed by atoms with Crippen LogP contribution in [0.4, 0.5) is 0 Å². The smallest absolute Gasteiger partial charge is 0.128 e. The number of aryl methyl sites for hydroxylation is 2. The van der Waals surface area contributed by atoms with Crippen LogP contribution in [0.5, 0.6) is 0 Å². The topological polar surface area (TPSA) is 37.8 Å². The molecule has 1 heterocycles. The second-order valence-corrected chi connectivity index (χ2v) is 4.63. The fourth-order valence-corrected chi connectivity index (χ4v) is 1.95. The fourth-order valence-electron chi connectivity index (χ4n) is 1.95. The van der Waals surface area contributed by atoms with E-state index in [9.17, 15) is 0 Å². The molecule has 0 aliphatic rings. The lowest BCUT2D eigenvalue weighted by molar-refractivity contribution is 0.657. The summed E-state index contributed by atoms with van der Waals surface area (Å²) in [5.41, 5.74) is 2.41. The molecule has 3 nitrogen and oxygen atoms in total. The summed E-state index contributed by atoms with van der Waals surface area (Å²) in [6.45, 7) is 4.02. The highest BCUT2D eigenvalue weighted by Gasteiger charge is 2.00. The molecule has 0 spiro atoms. The molecule has 0 atom stereocenters. The number of benzene rings is 1. The lowest BCUT2D eigenvalue weighted by Crippen LogP contribution is -2.15. The largest absolute Gasteiger partial charge is 0.311 e. The zero-order valence-electron chi connectivity index (χ0n) is 11.5. The molecule has 0 aliphatic heterocycles. The lowest BCUT2D eigenvalue weighted by Gasteiger charge is -2.05. The average molecular weight is 255 g/mol. The van der Waals surface area contributed by atoms with Crippen molar-refractivity contribution in [1.82, 2.24) is 15.3 Å². The van der Waals surface area contributed by atoms with Crippen molar-refractivity contribution >= 4 is 0 Å². The number of rotatable bonds is 7. The van der Waals surface area contributed by atoms with Crippen molar-refractivity contribution in [3.05, 3.63) is 59.7 Å². The Morgan fingerprint density at radius 3 is 2.68 bits per heavy atom. The molecular weight excluding hydrogens is 234 g/mol. The highest BCUT2D eigenvalue weighted by Crippen LogP contribution is 2.04. The minimum absolute atomic E-state index is 0.828. The van der Waals surface area contributed by atoms with Crippen LogP contribution in [-0.2, 0) is 19.4 Å². The molecule has 1 aromatic heterocycles. The van der Waals surface area contributed by atoms with Gasteiger partial charge in [0.05, 0.1) is 5.69 Å². The third-order valence-electron chi connectivity index (χ3n) is 2.98. The summed E-state index contributed by atoms with van der Waals surface area (Å²) in [7, 11) is 0. The predicted octanol–water partition coefficient (Wildman–Crippen LogP) is 2.76. The maximum atomic E-state index is 4.59. The first-order valence-electron chi connectivity index (χ1n) is 6.94. The van der Waals surface area contributed by atoms with Crippen molar-refractivity contribution in [1.29, 1.82) is 0 Å². The number of nitrogens with zero attached hydrogens (tertiary/aromatic N) is 2. The van der Waals surface area contributed by atoms with Gasteiger partial charge in [0, 0.05) is 19.2 Å². The van der Waals surface area contributed by atoms with Crippen LogP contribution in [0, 0.1) is 0 Å². The summed E-state index contributed by atoms with van der Waals surface area (Å²) in [6, 6.07) is 12.5. The van der Waals surface area contributed by atoms with Crippen molar-refractivity contribution in [2.75, 3.05) is 6.54 Å². The van der Waals surface area contributed by atoms with E-state index in [0.29, 0.717) is 0 Å². The summed E-state index contributed by atoms with van der Waals surface area (Å²) in [4.78, 5) is 8.93. The molecule has 2 aromatic rings. The third-order valence-corrected chi connectivity index (χ3v) is 2.98. The highest BCUT2D eigenvalue weighted by molar-refractivity contribution is 5.15. The molecule has 0 aliphatic carbocycles. The van der Waals surface area contributed by atoms with Crippen LogP contribution in [0.15, 0.2) is 42.6 Å². The van der Waals surface area contributed by atoms with Crippen molar-refractivity contribution in [2.24, 2.45) is 0 Å². The van der Waals surface area contributed by atoms with E-state index < -0.39 is 0 Å². The molecule has 1 aromatic carbocycles. The van der Waals surface area contributed by atoms with Crippen molar-refractivity contribution in [2.45, 2.75) is 32.7 Å². The van der Waals surface area contributed by atoms with E-state index in [-0.39, 0.29) is 0 Å². The Balaban J connectivity index is 1.88. The predicted molar refractivity (Wildman–Crippen MR) is 77.9 cm³/mol. The standard InChI is InChI=1S/C16H21N3/c1-2-11-17-13-15-10-12-18-16(19-15)9-8-14-6-4-3-5-7-14/h3-7,10,12,17H,2,8-9,11,13H2,1H3. The summed E-state index contributed by atoms with van der Waals surface area (Å²) >= 11 is 0. The fraction of sp³-hybridized carbons (Fsp3) is 0.375. The first kappa shape index (κ1) is 13.7. The van der Waals surface area contributed by atoms with Crippen LogP contribution in [-0.4, -0.2) is 16.5 Å². The van der Waals surface area contributed by atoms with Gasteiger partial charge in [0.25, 0.3) is 0 Å². The van der Waals surface area contributed by atoms with E-state index in [4.69, 9.17) is 0 Å². The maximum Gasteiger partial charge on any atom is 0.128 e. The molecule has 1 N–H and O–H groups in total. The van der Waals surface area contributed by atoms with Gasteiger partial charge in [-0.2, -0.15) is 0 Å². The first-order valence-corrected chi connectivity index (χ1v) is 6.94. The Hall–Kier alpha value is -1.74. The monoisotopic (exact) mass is 255 g/mol. The minimum Gasteiger partial charge on any atom is -0.311 e. The number of aromatic nitrogens is 2. The van der Waals surface area contributed by atoms with Gasteiger partial charge in [0.15, 0.2) is 0 Å². The van der Waals surface area contributed by atoms with Gasteiger partial charge in [-0.15, -0.1) is 0 Å². The summed E-state index contributed by atoms with van der Waals surface area (Å²) in [6.07, 6.45) is 4.89. The van der Waals surface area contributed by atoms with Crippen molar-refractivity contribution in [3.63, 3.8) is 0 Å². The molecule has 0 saturated carbocycles. The zero-order chi connectivity index (χ0) is 13.3. The molecular formula is C16H21N3. The molecule has 2 rings (SSSR count). The van der Waals surface area contributed by atoms with E-state index in [0.717, 1.165) is 43.9 Å². The maximum absolute atomic E-state index is 4.59. The number of nitrogens with one attached hydrogen (secondary N) is 1. The minimum atomic E-state index is 0.828. The van der Waals surface area contributed by atoms with Crippen molar-refractivity contribution in [3.8, 4) is 0 Å². The number of hydrogen-bond acceptors (Lipinski definition) is 3. The number of hydrogen-bond donors (Lipinski definition) is 1. The molecule has 0 fully saturated rings. The second-order valence-electron chi connectivity index (χ2n) is 4.63. The molecule has 19 heavy (non-hydrogen) atoms. The van der Waals surface area contributed by atoms with Gasteiger partial charge in [-0.05, 0) is 31.0 Å². The summed E-state index contributed by atoms with van der Waals surface area (Å²) in [5, 5.41) is 3.36. The van der Waals surface area contributed by atoms with Crippen LogP contribution >= 0.6 is 0 Å². The Bertz CT molecular complexity index is 482. The SMILES string of the molecule is CCCNCc1ccnc(CCc2ccccc2)n1. The molecule has 0 amide bonds. The van der Waals surface area contributed by atoms with E-state index in [2.05, 4.69) is 46.5 Å². The first-order chi connectivity index (χ1) is 9.38. The average Bonchev–Trinajstić information content (AvgIpc) is 2.47. The molecule has 0 saturated heterocycles. The van der Waals surface area contributed by atoms with Crippen LogP contribution in [0.2, 0.25) is 0 Å². The van der Waals surface area contributed by atoms with Gasteiger partial charge < -0.3 is 5.32 Å². The van der Waals surface area contributed by atoms with Crippen LogP contribution in [0.1, 0.15) is 30.4 Å². The van der Waals surface area contributed by atoms with Gasteiger partial charge in [0.2, 0.25) is 0 Å². The Labute approximate surface area is 115 Å². The van der Waals surface area contributed by atoms with E-state index >= 15 is 0 Å². The summed E-state index contributed by atoms with van der Waals surface area (Å²) in [5.74, 6) is 0.930. The van der Waals surface area contributed by atoms with Gasteiger partial charge in [-0.1, -0.05) is 37.3 Å². The second kappa shape index (κ2) is 7.64. The van der Waals surface area contributed by atoms with Gasteiger partial charge in [0.1, 0.15) is 5.82 Å². The molecule has 3 heteroatoms. The normalized spacial score (nSPS) is 10.6. The van der Waals surface area contributed by atoms with E-state index in [1.165, 1.54) is 5.56 Å². The van der Waals surface area contributed by atoms with E-state index in [1.807, 2.05) is 18.3 Å². The van der Waals surface area contributed by atoms with E-state index in [1.54, 1.807) is 0 Å². The van der Waals surface area contributed by atoms with Crippen LogP contribution in [0.3, 0.4) is 0 Å². The van der Waals surface area contributed by atoms with Crippen molar-refractivity contribution < 1.29 is 0 Å². The molecule has 0 unspecified atom stereocenters. The van der Waals surface area contributed by atoms with Gasteiger partial charge in [-0.3, -0.25) is 0 Å². The highest BCUT2D eigenvalue weighted by atomic mass is 14.9. The Morgan fingerprint density at radius 2 is 1.89 bits per heavy atom.